The molecule has 2 atom stereocenters. The van der Waals surface area contributed by atoms with E-state index in [4.69, 9.17) is 10.8 Å². The van der Waals surface area contributed by atoms with Crippen LogP contribution in [0.25, 0.3) is 0 Å². The Hall–Kier alpha value is -1.83. The van der Waals surface area contributed by atoms with Gasteiger partial charge in [0.2, 0.25) is 5.91 Å². The third-order valence-electron chi connectivity index (χ3n) is 2.84. The van der Waals surface area contributed by atoms with Gasteiger partial charge < -0.3 is 26.8 Å². The van der Waals surface area contributed by atoms with E-state index in [2.05, 4.69) is 16.0 Å². The van der Waals surface area contributed by atoms with Crippen molar-refractivity contribution in [1.29, 1.82) is 0 Å². The lowest BCUT2D eigenvalue weighted by molar-refractivity contribution is -0.142. The fraction of sp³-hybridized carbons (Fsp3) is 0.750. The van der Waals surface area contributed by atoms with Gasteiger partial charge in [-0.15, -0.1) is 0 Å². The minimum atomic E-state index is -1.10. The van der Waals surface area contributed by atoms with Crippen molar-refractivity contribution in [2.24, 2.45) is 11.7 Å². The monoisotopic (exact) mass is 288 g/mol. The summed E-state index contributed by atoms with van der Waals surface area (Å²) in [6.07, 6.45) is 0.627. The Kier molecular flexibility index (Phi) is 8.30. The highest BCUT2D eigenvalue weighted by molar-refractivity contribution is 5.87. The highest BCUT2D eigenvalue weighted by Crippen LogP contribution is 2.03. The Morgan fingerprint density at radius 2 is 1.85 bits per heavy atom. The third-order valence-corrected chi connectivity index (χ3v) is 2.84. The molecule has 8 nitrogen and oxygen atoms in total. The normalized spacial score (nSPS) is 13.6. The van der Waals surface area contributed by atoms with Gasteiger partial charge in [0, 0.05) is 6.54 Å². The van der Waals surface area contributed by atoms with Crippen LogP contribution in [0.2, 0.25) is 0 Å². The van der Waals surface area contributed by atoms with Crippen LogP contribution >= 0.6 is 0 Å². The summed E-state index contributed by atoms with van der Waals surface area (Å²) in [5, 5.41) is 16.8. The number of likely N-dealkylation sites (N-methyl/N-ethyl adjacent to an activating group) is 1. The number of primary amides is 1. The van der Waals surface area contributed by atoms with Gasteiger partial charge in [0.1, 0.15) is 6.04 Å². The maximum atomic E-state index is 11.9. The molecule has 0 spiro atoms. The van der Waals surface area contributed by atoms with Crippen LogP contribution in [0.1, 0.15) is 26.7 Å². The van der Waals surface area contributed by atoms with E-state index < -0.39 is 24.1 Å². The average Bonchev–Trinajstić information content (AvgIpc) is 2.32. The number of aliphatic carboxylic acids is 1. The van der Waals surface area contributed by atoms with Crippen LogP contribution in [0.5, 0.6) is 0 Å². The van der Waals surface area contributed by atoms with Crippen LogP contribution < -0.4 is 21.7 Å². The summed E-state index contributed by atoms with van der Waals surface area (Å²) in [4.78, 5) is 33.5. The van der Waals surface area contributed by atoms with Gasteiger partial charge in [0.15, 0.2) is 0 Å². The molecule has 0 heterocycles. The van der Waals surface area contributed by atoms with Crippen molar-refractivity contribution in [2.45, 2.75) is 38.8 Å². The van der Waals surface area contributed by atoms with Crippen LogP contribution in [0.15, 0.2) is 0 Å². The number of rotatable bonds is 9. The van der Waals surface area contributed by atoms with E-state index in [1.807, 2.05) is 13.8 Å². The molecular formula is C12H24N4O4. The van der Waals surface area contributed by atoms with E-state index in [-0.39, 0.29) is 24.8 Å². The predicted molar refractivity (Wildman–Crippen MR) is 74.1 cm³/mol. The number of carboxylic acids is 1. The Labute approximate surface area is 118 Å². The van der Waals surface area contributed by atoms with Crippen molar-refractivity contribution in [2.75, 3.05) is 13.6 Å². The maximum absolute atomic E-state index is 11.9. The Bertz CT molecular complexity index is 346. The number of nitrogens with one attached hydrogen (secondary N) is 3. The van der Waals surface area contributed by atoms with Gasteiger partial charge in [0.25, 0.3) is 0 Å². The van der Waals surface area contributed by atoms with Crippen LogP contribution in [-0.4, -0.2) is 48.7 Å². The number of hydrogen-bond donors (Lipinski definition) is 5. The zero-order valence-corrected chi connectivity index (χ0v) is 12.1. The standard InChI is InChI=1S/C12H24N4O4/c1-7(2)9(14-3)10(17)16-8(11(18)19)5-4-6-15-12(13)20/h7-9,14H,4-6H2,1-3H3,(H,16,17)(H,18,19)(H3,13,15,20). The van der Waals surface area contributed by atoms with Crippen LogP contribution in [0, 0.1) is 5.92 Å². The highest BCUT2D eigenvalue weighted by atomic mass is 16.4. The first kappa shape index (κ1) is 18.2. The van der Waals surface area contributed by atoms with Crippen molar-refractivity contribution in [3.8, 4) is 0 Å². The zero-order chi connectivity index (χ0) is 15.7. The Morgan fingerprint density at radius 1 is 1.25 bits per heavy atom. The molecule has 0 saturated heterocycles. The van der Waals surface area contributed by atoms with E-state index in [9.17, 15) is 14.4 Å². The highest BCUT2D eigenvalue weighted by Gasteiger charge is 2.25. The molecule has 0 saturated carbocycles. The fourth-order valence-corrected chi connectivity index (χ4v) is 1.80. The first-order valence-corrected chi connectivity index (χ1v) is 6.53. The largest absolute Gasteiger partial charge is 0.480 e. The van der Waals surface area contributed by atoms with Crippen molar-refractivity contribution < 1.29 is 19.5 Å². The molecule has 0 aliphatic carbocycles. The van der Waals surface area contributed by atoms with Gasteiger partial charge in [-0.05, 0) is 25.8 Å². The van der Waals surface area contributed by atoms with Gasteiger partial charge in [-0.3, -0.25) is 4.79 Å². The summed E-state index contributed by atoms with van der Waals surface area (Å²) < 4.78 is 0. The Morgan fingerprint density at radius 3 is 2.25 bits per heavy atom. The van der Waals surface area contributed by atoms with E-state index in [1.165, 1.54) is 0 Å². The summed E-state index contributed by atoms with van der Waals surface area (Å²) in [6.45, 7) is 4.01. The average molecular weight is 288 g/mol. The zero-order valence-electron chi connectivity index (χ0n) is 12.1. The summed E-state index contributed by atoms with van der Waals surface area (Å²) in [5.41, 5.74) is 4.90. The molecule has 20 heavy (non-hydrogen) atoms. The maximum Gasteiger partial charge on any atom is 0.326 e. The lowest BCUT2D eigenvalue weighted by Gasteiger charge is -2.22. The molecule has 0 radical (unpaired) electrons. The number of hydrogen-bond acceptors (Lipinski definition) is 4. The summed E-state index contributed by atoms with van der Waals surface area (Å²) >= 11 is 0. The Balaban J connectivity index is 4.36. The first-order chi connectivity index (χ1) is 9.29. The van der Waals surface area contributed by atoms with Gasteiger partial charge in [-0.25, -0.2) is 9.59 Å². The van der Waals surface area contributed by atoms with E-state index in [0.717, 1.165) is 0 Å². The molecule has 6 N–H and O–H groups in total. The molecule has 0 aromatic heterocycles. The molecule has 0 aliphatic heterocycles. The van der Waals surface area contributed by atoms with Gasteiger partial charge in [-0.2, -0.15) is 0 Å². The minimum absolute atomic E-state index is 0.0472. The van der Waals surface area contributed by atoms with Gasteiger partial charge in [-0.1, -0.05) is 13.8 Å². The molecule has 3 amide bonds. The molecule has 116 valence electrons. The first-order valence-electron chi connectivity index (χ1n) is 6.53. The number of amides is 3. The summed E-state index contributed by atoms with van der Waals surface area (Å²) in [6, 6.07) is -2.08. The van der Waals surface area contributed by atoms with Gasteiger partial charge in [0.05, 0.1) is 6.04 Å². The molecular weight excluding hydrogens is 264 g/mol. The molecule has 2 unspecified atom stereocenters. The predicted octanol–water partition coefficient (Wildman–Crippen LogP) is -0.752. The number of carboxylic acid groups (broad SMARTS) is 1. The second-order valence-electron chi connectivity index (χ2n) is 4.84. The number of carbonyl (C=O) groups excluding carboxylic acids is 2. The molecule has 0 bridgehead atoms. The topological polar surface area (TPSA) is 134 Å². The van der Waals surface area contributed by atoms with E-state index in [0.29, 0.717) is 6.42 Å². The van der Waals surface area contributed by atoms with Crippen molar-refractivity contribution >= 4 is 17.9 Å². The molecule has 0 aromatic carbocycles. The van der Waals surface area contributed by atoms with E-state index in [1.54, 1.807) is 7.05 Å². The fourth-order valence-electron chi connectivity index (χ4n) is 1.80. The summed E-state index contributed by atoms with van der Waals surface area (Å²) in [7, 11) is 1.65. The molecule has 0 fully saturated rings. The van der Waals surface area contributed by atoms with Crippen LogP contribution in [-0.2, 0) is 9.59 Å². The smallest absolute Gasteiger partial charge is 0.326 e. The van der Waals surface area contributed by atoms with Crippen LogP contribution in [0.4, 0.5) is 4.79 Å². The lowest BCUT2D eigenvalue weighted by Crippen LogP contribution is -2.51. The van der Waals surface area contributed by atoms with Crippen molar-refractivity contribution in [1.82, 2.24) is 16.0 Å². The quantitative estimate of drug-likeness (QED) is 0.356. The second kappa shape index (κ2) is 9.13. The van der Waals surface area contributed by atoms with E-state index >= 15 is 0 Å². The summed E-state index contributed by atoms with van der Waals surface area (Å²) in [5.74, 6) is -1.40. The number of nitrogens with two attached hydrogens (primary N) is 1. The minimum Gasteiger partial charge on any atom is -0.480 e. The molecule has 0 rings (SSSR count). The van der Waals surface area contributed by atoms with Gasteiger partial charge >= 0.3 is 12.0 Å². The molecule has 8 heteroatoms. The molecule has 0 aromatic rings. The molecule has 0 aliphatic rings. The van der Waals surface area contributed by atoms with Crippen LogP contribution in [0.3, 0.4) is 0 Å². The third kappa shape index (κ3) is 6.93. The lowest BCUT2D eigenvalue weighted by atomic mass is 10.0. The SMILES string of the molecule is CNC(C(=O)NC(CCCNC(N)=O)C(=O)O)C(C)C. The van der Waals surface area contributed by atoms with Crippen molar-refractivity contribution in [3.05, 3.63) is 0 Å². The number of carbonyl (C=O) groups is 3. The van der Waals surface area contributed by atoms with Crippen molar-refractivity contribution in [3.63, 3.8) is 0 Å². The number of urea groups is 1. The second-order valence-corrected chi connectivity index (χ2v) is 4.84.